The van der Waals surface area contributed by atoms with Crippen molar-refractivity contribution < 1.29 is 0 Å². The molecule has 19 heavy (non-hydrogen) atoms. The Balaban J connectivity index is 2.28. The van der Waals surface area contributed by atoms with Crippen molar-refractivity contribution in [3.05, 3.63) is 68.7 Å². The van der Waals surface area contributed by atoms with E-state index in [2.05, 4.69) is 13.0 Å². The van der Waals surface area contributed by atoms with E-state index in [1.54, 1.807) is 0 Å². The summed E-state index contributed by atoms with van der Waals surface area (Å²) in [6.07, 6.45) is 0.670. The largest absolute Gasteiger partial charge is 0.117 e. The third-order valence-corrected chi connectivity index (χ3v) is 4.39. The van der Waals surface area contributed by atoms with Gasteiger partial charge in [0.15, 0.2) is 0 Å². The normalized spacial score (nSPS) is 12.5. The molecule has 3 heteroatoms. The standard InChI is InChI=1S/C16H15Cl3/c1-10-7-13(15(18)8-11(10)2)16(19)9-12-5-3-4-6-14(12)17/h3-8,16H,9H2,1-2H3. The van der Waals surface area contributed by atoms with E-state index in [1.807, 2.05) is 37.3 Å². The maximum atomic E-state index is 6.50. The highest BCUT2D eigenvalue weighted by molar-refractivity contribution is 6.33. The summed E-state index contributed by atoms with van der Waals surface area (Å²) in [5, 5.41) is 1.29. The van der Waals surface area contributed by atoms with Crippen LogP contribution in [0.25, 0.3) is 0 Å². The fourth-order valence-corrected chi connectivity index (χ4v) is 2.98. The third-order valence-electron chi connectivity index (χ3n) is 3.31. The summed E-state index contributed by atoms with van der Waals surface area (Å²) in [5.74, 6) is 0. The average molecular weight is 314 g/mol. The van der Waals surface area contributed by atoms with Gasteiger partial charge in [-0.15, -0.1) is 11.6 Å². The Morgan fingerprint density at radius 3 is 2.26 bits per heavy atom. The Labute approximate surface area is 129 Å². The van der Waals surface area contributed by atoms with E-state index < -0.39 is 0 Å². The van der Waals surface area contributed by atoms with Crippen molar-refractivity contribution in [1.82, 2.24) is 0 Å². The summed E-state index contributed by atoms with van der Waals surface area (Å²) < 4.78 is 0. The van der Waals surface area contributed by atoms with Crippen molar-refractivity contribution >= 4 is 34.8 Å². The lowest BCUT2D eigenvalue weighted by atomic mass is 10.00. The van der Waals surface area contributed by atoms with Crippen molar-refractivity contribution in [2.75, 3.05) is 0 Å². The first-order chi connectivity index (χ1) is 8.99. The van der Waals surface area contributed by atoms with Gasteiger partial charge in [-0.2, -0.15) is 0 Å². The minimum absolute atomic E-state index is 0.174. The van der Waals surface area contributed by atoms with Crippen molar-refractivity contribution in [3.8, 4) is 0 Å². The molecule has 1 atom stereocenters. The molecule has 0 heterocycles. The molecule has 0 fully saturated rings. The van der Waals surface area contributed by atoms with Gasteiger partial charge in [-0.3, -0.25) is 0 Å². The topological polar surface area (TPSA) is 0 Å². The highest BCUT2D eigenvalue weighted by Gasteiger charge is 2.15. The van der Waals surface area contributed by atoms with E-state index in [0.717, 1.165) is 21.2 Å². The van der Waals surface area contributed by atoms with Gasteiger partial charge in [0.05, 0.1) is 5.38 Å². The first-order valence-electron chi connectivity index (χ1n) is 6.13. The van der Waals surface area contributed by atoms with Crippen molar-refractivity contribution in [2.24, 2.45) is 0 Å². The minimum Gasteiger partial charge on any atom is -0.117 e. The molecule has 100 valence electrons. The lowest BCUT2D eigenvalue weighted by Crippen LogP contribution is -1.99. The number of alkyl halides is 1. The van der Waals surface area contributed by atoms with Crippen molar-refractivity contribution in [1.29, 1.82) is 0 Å². The lowest BCUT2D eigenvalue weighted by Gasteiger charge is -2.15. The van der Waals surface area contributed by atoms with E-state index in [0.29, 0.717) is 6.42 Å². The molecule has 0 nitrogen and oxygen atoms in total. The maximum Gasteiger partial charge on any atom is 0.0640 e. The molecule has 2 rings (SSSR count). The highest BCUT2D eigenvalue weighted by atomic mass is 35.5. The lowest BCUT2D eigenvalue weighted by molar-refractivity contribution is 0.917. The molecule has 2 aromatic carbocycles. The molecule has 0 aliphatic carbocycles. The predicted octanol–water partition coefficient (Wildman–Crippen LogP) is 6.13. The molecule has 0 aromatic heterocycles. The van der Waals surface area contributed by atoms with Gasteiger partial charge in [0, 0.05) is 10.0 Å². The molecular weight excluding hydrogens is 299 g/mol. The Morgan fingerprint density at radius 2 is 1.58 bits per heavy atom. The zero-order chi connectivity index (χ0) is 14.0. The summed E-state index contributed by atoms with van der Waals surface area (Å²) in [7, 11) is 0. The van der Waals surface area contributed by atoms with Gasteiger partial charge in [0.1, 0.15) is 0 Å². The fourth-order valence-electron chi connectivity index (χ4n) is 2.01. The molecule has 0 saturated carbocycles. The minimum atomic E-state index is -0.174. The molecule has 0 bridgehead atoms. The van der Waals surface area contributed by atoms with Gasteiger partial charge in [0.2, 0.25) is 0 Å². The van der Waals surface area contributed by atoms with Gasteiger partial charge in [-0.25, -0.2) is 0 Å². The van der Waals surface area contributed by atoms with Crippen LogP contribution < -0.4 is 0 Å². The summed E-state index contributed by atoms with van der Waals surface area (Å²) in [5.41, 5.74) is 4.38. The number of aryl methyl sites for hydroxylation is 2. The van der Waals surface area contributed by atoms with Crippen LogP contribution in [0, 0.1) is 13.8 Å². The fraction of sp³-hybridized carbons (Fsp3) is 0.250. The third kappa shape index (κ3) is 3.45. The van der Waals surface area contributed by atoms with E-state index in [1.165, 1.54) is 11.1 Å². The predicted molar refractivity (Wildman–Crippen MR) is 84.7 cm³/mol. The van der Waals surface area contributed by atoms with Crippen LogP contribution >= 0.6 is 34.8 Å². The van der Waals surface area contributed by atoms with Gasteiger partial charge < -0.3 is 0 Å². The second-order valence-corrected chi connectivity index (χ2v) is 6.06. The zero-order valence-corrected chi connectivity index (χ0v) is 13.2. The van der Waals surface area contributed by atoms with Crippen molar-refractivity contribution in [3.63, 3.8) is 0 Å². The monoisotopic (exact) mass is 312 g/mol. The average Bonchev–Trinajstić information content (AvgIpc) is 2.36. The number of benzene rings is 2. The molecule has 0 aliphatic rings. The van der Waals surface area contributed by atoms with E-state index >= 15 is 0 Å². The Hall–Kier alpha value is -0.690. The molecule has 0 amide bonds. The van der Waals surface area contributed by atoms with Crippen LogP contribution in [-0.2, 0) is 6.42 Å². The van der Waals surface area contributed by atoms with Crippen LogP contribution in [0.15, 0.2) is 36.4 Å². The number of halogens is 3. The highest BCUT2D eigenvalue weighted by Crippen LogP contribution is 2.34. The van der Waals surface area contributed by atoms with Crippen LogP contribution in [0.3, 0.4) is 0 Å². The smallest absolute Gasteiger partial charge is 0.0640 e. The Morgan fingerprint density at radius 1 is 0.947 bits per heavy atom. The Bertz CT molecular complexity index is 591. The van der Waals surface area contributed by atoms with Crippen LogP contribution in [0.2, 0.25) is 10.0 Å². The quantitative estimate of drug-likeness (QED) is 0.598. The molecule has 0 aliphatic heterocycles. The number of hydrogen-bond acceptors (Lipinski definition) is 0. The Kier molecular flexibility index (Phi) is 4.78. The van der Waals surface area contributed by atoms with Gasteiger partial charge in [-0.05, 0) is 54.7 Å². The van der Waals surface area contributed by atoms with Crippen LogP contribution in [-0.4, -0.2) is 0 Å². The molecule has 0 saturated heterocycles. The summed E-state index contributed by atoms with van der Waals surface area (Å²) in [6.45, 7) is 4.11. The van der Waals surface area contributed by atoms with Crippen LogP contribution in [0.1, 0.15) is 27.6 Å². The SMILES string of the molecule is Cc1cc(Cl)c(C(Cl)Cc2ccccc2Cl)cc1C. The zero-order valence-electron chi connectivity index (χ0n) is 10.9. The first kappa shape index (κ1) is 14.7. The first-order valence-corrected chi connectivity index (χ1v) is 7.32. The van der Waals surface area contributed by atoms with E-state index in [-0.39, 0.29) is 5.38 Å². The van der Waals surface area contributed by atoms with Gasteiger partial charge in [-0.1, -0.05) is 47.5 Å². The summed E-state index contributed by atoms with van der Waals surface area (Å²) >= 11 is 18.9. The van der Waals surface area contributed by atoms with Crippen LogP contribution in [0.5, 0.6) is 0 Å². The number of rotatable bonds is 3. The molecule has 1 unspecified atom stereocenters. The second-order valence-electron chi connectivity index (χ2n) is 4.72. The van der Waals surface area contributed by atoms with E-state index in [4.69, 9.17) is 34.8 Å². The maximum absolute atomic E-state index is 6.50. The molecule has 0 spiro atoms. The molecule has 2 aromatic rings. The van der Waals surface area contributed by atoms with Crippen molar-refractivity contribution in [2.45, 2.75) is 25.6 Å². The van der Waals surface area contributed by atoms with Crippen LogP contribution in [0.4, 0.5) is 0 Å². The molecule has 0 N–H and O–H groups in total. The second kappa shape index (κ2) is 6.17. The summed E-state index contributed by atoms with van der Waals surface area (Å²) in [4.78, 5) is 0. The molecular formula is C16H15Cl3. The van der Waals surface area contributed by atoms with E-state index in [9.17, 15) is 0 Å². The van der Waals surface area contributed by atoms with Gasteiger partial charge >= 0.3 is 0 Å². The number of hydrogen-bond donors (Lipinski definition) is 0. The summed E-state index contributed by atoms with van der Waals surface area (Å²) in [6, 6.07) is 11.8. The van der Waals surface area contributed by atoms with Gasteiger partial charge in [0.25, 0.3) is 0 Å². The molecule has 0 radical (unpaired) electrons.